The van der Waals surface area contributed by atoms with Gasteiger partial charge in [0.05, 0.1) is 5.52 Å². The first kappa shape index (κ1) is 17.7. The molecule has 6 heteroatoms. The first-order valence-electron chi connectivity index (χ1n) is 8.93. The van der Waals surface area contributed by atoms with Crippen molar-refractivity contribution >= 4 is 32.5 Å². The van der Waals surface area contributed by atoms with Gasteiger partial charge in [-0.3, -0.25) is 4.98 Å². The third-order valence-electron chi connectivity index (χ3n) is 5.33. The largest absolute Gasteiger partial charge is 0.255 e. The van der Waals surface area contributed by atoms with Crippen molar-refractivity contribution in [1.29, 1.82) is 0 Å². The van der Waals surface area contributed by atoms with Crippen LogP contribution in [0.4, 0.5) is 0 Å². The van der Waals surface area contributed by atoms with Crippen LogP contribution >= 0.6 is 11.6 Å². The number of fused-ring (bicyclic) bond motifs is 1. The summed E-state index contributed by atoms with van der Waals surface area (Å²) in [6, 6.07) is 9.02. The van der Waals surface area contributed by atoms with Crippen molar-refractivity contribution in [1.82, 2.24) is 9.29 Å². The molecule has 1 aromatic heterocycles. The van der Waals surface area contributed by atoms with Crippen molar-refractivity contribution < 1.29 is 8.42 Å². The summed E-state index contributed by atoms with van der Waals surface area (Å²) in [5, 5.41) is 1.74. The van der Waals surface area contributed by atoms with Crippen molar-refractivity contribution in [3.05, 3.63) is 59.8 Å². The lowest BCUT2D eigenvalue weighted by Gasteiger charge is -2.35. The molecule has 2 aliphatic rings. The van der Waals surface area contributed by atoms with Crippen LogP contribution in [0.1, 0.15) is 19.3 Å². The zero-order chi connectivity index (χ0) is 18.1. The molecule has 1 unspecified atom stereocenters. The predicted molar refractivity (Wildman–Crippen MR) is 104 cm³/mol. The fourth-order valence-electron chi connectivity index (χ4n) is 3.91. The number of rotatable bonds is 3. The maximum absolute atomic E-state index is 13.2. The van der Waals surface area contributed by atoms with Gasteiger partial charge in [0.15, 0.2) is 0 Å². The number of nitrogens with zero attached hydrogens (tertiary/aromatic N) is 2. The quantitative estimate of drug-likeness (QED) is 0.735. The molecule has 2 heterocycles. The molecular weight excluding hydrogens is 368 g/mol. The van der Waals surface area contributed by atoms with E-state index in [1.54, 1.807) is 22.6 Å². The Hall–Kier alpha value is -1.69. The first-order chi connectivity index (χ1) is 12.6. The number of aromatic nitrogens is 1. The topological polar surface area (TPSA) is 50.3 Å². The lowest BCUT2D eigenvalue weighted by atomic mass is 9.82. The molecule has 26 heavy (non-hydrogen) atoms. The van der Waals surface area contributed by atoms with E-state index < -0.39 is 10.0 Å². The van der Waals surface area contributed by atoms with E-state index in [1.807, 2.05) is 18.2 Å². The monoisotopic (exact) mass is 388 g/mol. The van der Waals surface area contributed by atoms with Crippen LogP contribution < -0.4 is 0 Å². The minimum absolute atomic E-state index is 0.231. The van der Waals surface area contributed by atoms with E-state index in [-0.39, 0.29) is 5.92 Å². The van der Waals surface area contributed by atoms with Gasteiger partial charge in [-0.05, 0) is 37.3 Å². The van der Waals surface area contributed by atoms with Gasteiger partial charge in [0.2, 0.25) is 10.0 Å². The minimum atomic E-state index is -3.55. The number of pyridine rings is 1. The molecule has 4 nitrogen and oxygen atoms in total. The molecule has 4 rings (SSSR count). The molecule has 1 aliphatic carbocycles. The summed E-state index contributed by atoms with van der Waals surface area (Å²) in [7, 11) is -3.55. The van der Waals surface area contributed by atoms with Gasteiger partial charge >= 0.3 is 0 Å². The summed E-state index contributed by atoms with van der Waals surface area (Å²) in [5.74, 6) is 0.627. The van der Waals surface area contributed by atoms with Crippen LogP contribution in [0.3, 0.4) is 0 Å². The van der Waals surface area contributed by atoms with Crippen LogP contribution in [0.2, 0.25) is 0 Å². The molecule has 0 saturated carbocycles. The molecule has 0 spiro atoms. The summed E-state index contributed by atoms with van der Waals surface area (Å²) in [6.45, 7) is 1.04. The van der Waals surface area contributed by atoms with Gasteiger partial charge in [-0.15, -0.1) is 0 Å². The maximum atomic E-state index is 13.2. The third kappa shape index (κ3) is 3.20. The second kappa shape index (κ2) is 7.14. The third-order valence-corrected chi connectivity index (χ3v) is 7.67. The lowest BCUT2D eigenvalue weighted by Crippen LogP contribution is -2.40. The average Bonchev–Trinajstić information content (AvgIpc) is 2.68. The molecule has 1 fully saturated rings. The molecular formula is C20H21ClN2O2S. The van der Waals surface area contributed by atoms with Crippen LogP contribution in [0.25, 0.3) is 10.9 Å². The predicted octanol–water partition coefficient (Wildman–Crippen LogP) is 4.33. The average molecular weight is 389 g/mol. The number of benzene rings is 1. The van der Waals surface area contributed by atoms with Crippen molar-refractivity contribution in [2.45, 2.75) is 24.2 Å². The number of piperidine rings is 1. The molecule has 0 radical (unpaired) electrons. The van der Waals surface area contributed by atoms with E-state index in [0.717, 1.165) is 29.7 Å². The summed E-state index contributed by atoms with van der Waals surface area (Å²) < 4.78 is 28.0. The second-order valence-corrected chi connectivity index (χ2v) is 9.19. The van der Waals surface area contributed by atoms with Gasteiger partial charge in [-0.1, -0.05) is 48.0 Å². The number of hydrogen-bond acceptors (Lipinski definition) is 3. The highest BCUT2D eigenvalue weighted by Crippen LogP contribution is 2.36. The summed E-state index contributed by atoms with van der Waals surface area (Å²) in [6.07, 6.45) is 10.5. The van der Waals surface area contributed by atoms with Crippen LogP contribution in [0.15, 0.2) is 64.7 Å². The Kier molecular flexibility index (Phi) is 4.86. The SMILES string of the molecule is O=S(=O)(c1cccc2cccnc12)N1CCC(C2C=CCC=C2Cl)CC1. The first-order valence-corrected chi connectivity index (χ1v) is 10.8. The van der Waals surface area contributed by atoms with Gasteiger partial charge < -0.3 is 0 Å². The van der Waals surface area contributed by atoms with E-state index in [0.29, 0.717) is 29.4 Å². The number of sulfonamides is 1. The Morgan fingerprint density at radius 2 is 1.88 bits per heavy atom. The fourth-order valence-corrected chi connectivity index (χ4v) is 5.89. The van der Waals surface area contributed by atoms with Crippen molar-refractivity contribution in [3.63, 3.8) is 0 Å². The minimum Gasteiger partial charge on any atom is -0.255 e. The molecule has 0 N–H and O–H groups in total. The molecule has 0 bridgehead atoms. The van der Waals surface area contributed by atoms with Crippen molar-refractivity contribution in [2.24, 2.45) is 11.8 Å². The van der Waals surface area contributed by atoms with Crippen LogP contribution in [-0.4, -0.2) is 30.8 Å². The van der Waals surface area contributed by atoms with E-state index in [1.165, 1.54) is 0 Å². The Bertz CT molecular complexity index is 971. The highest BCUT2D eigenvalue weighted by atomic mass is 35.5. The number of halogens is 1. The molecule has 1 saturated heterocycles. The molecule has 0 amide bonds. The van der Waals surface area contributed by atoms with Crippen LogP contribution in [-0.2, 0) is 10.0 Å². The van der Waals surface area contributed by atoms with Gasteiger partial charge in [0.1, 0.15) is 4.90 Å². The van der Waals surface area contributed by atoms with Crippen LogP contribution in [0, 0.1) is 11.8 Å². The summed E-state index contributed by atoms with van der Waals surface area (Å²) in [5.41, 5.74) is 0.540. The van der Waals surface area contributed by atoms with Gasteiger partial charge in [0, 0.05) is 35.6 Å². The second-order valence-electron chi connectivity index (χ2n) is 6.85. The van der Waals surface area contributed by atoms with E-state index >= 15 is 0 Å². The molecule has 2 aromatic rings. The Morgan fingerprint density at radius 3 is 2.65 bits per heavy atom. The Morgan fingerprint density at radius 1 is 1.12 bits per heavy atom. The zero-order valence-electron chi connectivity index (χ0n) is 14.4. The molecule has 1 aliphatic heterocycles. The normalized spacial score (nSPS) is 22.5. The fraction of sp³-hybridized carbons (Fsp3) is 0.350. The lowest BCUT2D eigenvalue weighted by molar-refractivity contribution is 0.248. The van der Waals surface area contributed by atoms with E-state index in [2.05, 4.69) is 23.2 Å². The van der Waals surface area contributed by atoms with Crippen LogP contribution in [0.5, 0.6) is 0 Å². The summed E-state index contributed by atoms with van der Waals surface area (Å²) in [4.78, 5) is 4.60. The van der Waals surface area contributed by atoms with Gasteiger partial charge in [-0.2, -0.15) is 4.31 Å². The maximum Gasteiger partial charge on any atom is 0.245 e. The highest BCUT2D eigenvalue weighted by Gasteiger charge is 2.34. The van der Waals surface area contributed by atoms with E-state index in [9.17, 15) is 8.42 Å². The Labute approximate surface area is 159 Å². The number of allylic oxidation sites excluding steroid dienone is 4. The van der Waals surface area contributed by atoms with E-state index in [4.69, 9.17) is 11.6 Å². The number of para-hydroxylation sites is 1. The highest BCUT2D eigenvalue weighted by molar-refractivity contribution is 7.89. The van der Waals surface area contributed by atoms with Gasteiger partial charge in [0.25, 0.3) is 0 Å². The van der Waals surface area contributed by atoms with Gasteiger partial charge in [-0.25, -0.2) is 8.42 Å². The Balaban J connectivity index is 1.56. The number of hydrogen-bond donors (Lipinski definition) is 0. The summed E-state index contributed by atoms with van der Waals surface area (Å²) >= 11 is 6.37. The molecule has 136 valence electrons. The van der Waals surface area contributed by atoms with Crippen molar-refractivity contribution in [3.8, 4) is 0 Å². The molecule has 1 aromatic carbocycles. The molecule has 1 atom stereocenters. The zero-order valence-corrected chi connectivity index (χ0v) is 16.0. The standard InChI is InChI=1S/C20H21ClN2O2S/c21-18-8-2-1-7-17(18)15-10-13-23(14-11-15)26(24,25)19-9-3-5-16-6-4-12-22-20(16)19/h1,3-9,12,15,17H,2,10-11,13-14H2. The smallest absolute Gasteiger partial charge is 0.245 e. The van der Waals surface area contributed by atoms with Crippen molar-refractivity contribution in [2.75, 3.05) is 13.1 Å².